The van der Waals surface area contributed by atoms with Crippen LogP contribution in [-0.2, 0) is 5.33 Å². The molecule has 0 aromatic carbocycles. The van der Waals surface area contributed by atoms with Crippen LogP contribution in [0.3, 0.4) is 0 Å². The zero-order valence-electron chi connectivity index (χ0n) is 5.97. The number of hydrogen-bond donors (Lipinski definition) is 0. The zero-order chi connectivity index (χ0) is 8.27. The average molecular weight is 281 g/mol. The Balaban J connectivity index is 3.02. The number of hydrogen-bond acceptors (Lipinski definition) is 2. The van der Waals surface area contributed by atoms with Crippen molar-refractivity contribution in [2.45, 2.75) is 5.33 Å². The minimum Gasteiger partial charge on any atom is -0.480 e. The Kier molecular flexibility index (Phi) is 3.33. The van der Waals surface area contributed by atoms with Crippen LogP contribution in [0.1, 0.15) is 5.69 Å². The van der Waals surface area contributed by atoms with E-state index in [0.29, 0.717) is 5.88 Å². The Morgan fingerprint density at radius 2 is 2.27 bits per heavy atom. The van der Waals surface area contributed by atoms with Gasteiger partial charge >= 0.3 is 0 Å². The van der Waals surface area contributed by atoms with E-state index in [0.717, 1.165) is 15.5 Å². The van der Waals surface area contributed by atoms with Gasteiger partial charge in [-0.05, 0) is 28.1 Å². The van der Waals surface area contributed by atoms with Gasteiger partial charge in [0.25, 0.3) is 0 Å². The normalized spacial score (nSPS) is 9.73. The number of nitrogens with zero attached hydrogens (tertiary/aromatic N) is 1. The lowest BCUT2D eigenvalue weighted by molar-refractivity contribution is 0.394. The monoisotopic (exact) mass is 279 g/mol. The second-order valence-corrected chi connectivity index (χ2v) is 3.34. The van der Waals surface area contributed by atoms with Crippen molar-refractivity contribution in [2.24, 2.45) is 0 Å². The Labute approximate surface area is 82.2 Å². The summed E-state index contributed by atoms with van der Waals surface area (Å²) in [5.74, 6) is 0.627. The van der Waals surface area contributed by atoms with Crippen molar-refractivity contribution < 1.29 is 4.74 Å². The minimum atomic E-state index is 0.627. The molecule has 0 saturated heterocycles. The molecule has 0 fully saturated rings. The Hall–Kier alpha value is -0.0900. The molecule has 0 unspecified atom stereocenters. The smallest absolute Gasteiger partial charge is 0.227 e. The molecule has 0 saturated carbocycles. The lowest BCUT2D eigenvalue weighted by Gasteiger charge is -2.02. The van der Waals surface area contributed by atoms with E-state index in [1.165, 1.54) is 0 Å². The van der Waals surface area contributed by atoms with Crippen molar-refractivity contribution in [3.05, 3.63) is 22.3 Å². The molecule has 0 N–H and O–H groups in total. The number of methoxy groups -OCH3 is 1. The van der Waals surface area contributed by atoms with Crippen LogP contribution in [0.25, 0.3) is 0 Å². The average Bonchev–Trinajstić information content (AvgIpc) is 2.05. The van der Waals surface area contributed by atoms with Crippen molar-refractivity contribution in [2.75, 3.05) is 7.11 Å². The van der Waals surface area contributed by atoms with E-state index in [1.807, 2.05) is 12.1 Å². The van der Waals surface area contributed by atoms with E-state index in [2.05, 4.69) is 36.8 Å². The number of halogens is 2. The fourth-order valence-electron chi connectivity index (χ4n) is 0.679. The zero-order valence-corrected chi connectivity index (χ0v) is 9.15. The highest BCUT2D eigenvalue weighted by molar-refractivity contribution is 9.10. The fraction of sp³-hybridized carbons (Fsp3) is 0.286. The summed E-state index contributed by atoms with van der Waals surface area (Å²) in [7, 11) is 1.60. The lowest BCUT2D eigenvalue weighted by Crippen LogP contribution is -1.91. The molecule has 2 nitrogen and oxygen atoms in total. The Bertz CT molecular complexity index is 252. The van der Waals surface area contributed by atoms with E-state index >= 15 is 0 Å². The molecule has 4 heteroatoms. The first-order chi connectivity index (χ1) is 5.27. The quantitative estimate of drug-likeness (QED) is 0.777. The third kappa shape index (κ3) is 2.17. The molecule has 0 aliphatic rings. The summed E-state index contributed by atoms with van der Waals surface area (Å²) >= 11 is 6.63. The summed E-state index contributed by atoms with van der Waals surface area (Å²) in [6.07, 6.45) is 0. The van der Waals surface area contributed by atoms with E-state index in [9.17, 15) is 0 Å². The number of pyridine rings is 1. The number of alkyl halides is 1. The maximum atomic E-state index is 5.01. The first-order valence-corrected chi connectivity index (χ1v) is 4.94. The van der Waals surface area contributed by atoms with E-state index < -0.39 is 0 Å². The third-order valence-corrected chi connectivity index (χ3v) is 2.38. The SMILES string of the molecule is COc1nc(CBr)ccc1Br. The van der Waals surface area contributed by atoms with Gasteiger partial charge in [0.15, 0.2) is 0 Å². The van der Waals surface area contributed by atoms with Crippen LogP contribution in [0.2, 0.25) is 0 Å². The predicted octanol–water partition coefficient (Wildman–Crippen LogP) is 2.75. The molecule has 60 valence electrons. The first-order valence-electron chi connectivity index (χ1n) is 3.03. The number of rotatable bonds is 2. The molecule has 1 rings (SSSR count). The summed E-state index contributed by atoms with van der Waals surface area (Å²) in [6.45, 7) is 0. The summed E-state index contributed by atoms with van der Waals surface area (Å²) in [6, 6.07) is 3.85. The van der Waals surface area contributed by atoms with Gasteiger partial charge < -0.3 is 4.74 Å². The van der Waals surface area contributed by atoms with Crippen molar-refractivity contribution in [1.29, 1.82) is 0 Å². The standard InChI is InChI=1S/C7H7Br2NO/c1-11-7-6(9)3-2-5(4-8)10-7/h2-3H,4H2,1H3. The molecule has 1 aromatic rings. The van der Waals surface area contributed by atoms with Gasteiger partial charge in [-0.2, -0.15) is 0 Å². The van der Waals surface area contributed by atoms with E-state index in [-0.39, 0.29) is 0 Å². The molecular weight excluding hydrogens is 274 g/mol. The third-order valence-electron chi connectivity index (χ3n) is 1.20. The van der Waals surface area contributed by atoms with Gasteiger partial charge in [-0.3, -0.25) is 0 Å². The molecule has 0 bridgehead atoms. The van der Waals surface area contributed by atoms with Gasteiger partial charge in [0.05, 0.1) is 17.3 Å². The van der Waals surface area contributed by atoms with Crippen LogP contribution < -0.4 is 4.74 Å². The van der Waals surface area contributed by atoms with E-state index in [1.54, 1.807) is 7.11 Å². The van der Waals surface area contributed by atoms with Gasteiger partial charge in [0.1, 0.15) is 0 Å². The van der Waals surface area contributed by atoms with Gasteiger partial charge in [-0.25, -0.2) is 4.98 Å². The second kappa shape index (κ2) is 4.07. The highest BCUT2D eigenvalue weighted by atomic mass is 79.9. The largest absolute Gasteiger partial charge is 0.480 e. The van der Waals surface area contributed by atoms with Crippen LogP contribution in [0, 0.1) is 0 Å². The molecule has 0 spiro atoms. The summed E-state index contributed by atoms with van der Waals surface area (Å²) in [5, 5.41) is 0.747. The topological polar surface area (TPSA) is 22.1 Å². The highest BCUT2D eigenvalue weighted by Gasteiger charge is 2.01. The van der Waals surface area contributed by atoms with Crippen molar-refractivity contribution in [1.82, 2.24) is 4.98 Å². The van der Waals surface area contributed by atoms with Gasteiger partial charge in [0.2, 0.25) is 5.88 Å². The maximum Gasteiger partial charge on any atom is 0.227 e. The van der Waals surface area contributed by atoms with Gasteiger partial charge in [-0.1, -0.05) is 15.9 Å². The van der Waals surface area contributed by atoms with Gasteiger partial charge in [-0.15, -0.1) is 0 Å². The summed E-state index contributed by atoms with van der Waals surface area (Å²) in [4.78, 5) is 4.19. The van der Waals surface area contributed by atoms with Crippen LogP contribution in [-0.4, -0.2) is 12.1 Å². The highest BCUT2D eigenvalue weighted by Crippen LogP contribution is 2.22. The van der Waals surface area contributed by atoms with Crippen LogP contribution in [0.4, 0.5) is 0 Å². The van der Waals surface area contributed by atoms with Crippen LogP contribution in [0.5, 0.6) is 5.88 Å². The molecule has 11 heavy (non-hydrogen) atoms. The summed E-state index contributed by atoms with van der Waals surface area (Å²) in [5.41, 5.74) is 0.963. The number of ether oxygens (including phenoxy) is 1. The molecule has 1 aromatic heterocycles. The van der Waals surface area contributed by atoms with Crippen molar-refractivity contribution in [3.8, 4) is 5.88 Å². The molecular formula is C7H7Br2NO. The lowest BCUT2D eigenvalue weighted by atomic mass is 10.4. The van der Waals surface area contributed by atoms with Crippen LogP contribution in [0.15, 0.2) is 16.6 Å². The maximum absolute atomic E-state index is 5.01. The Morgan fingerprint density at radius 3 is 2.82 bits per heavy atom. The van der Waals surface area contributed by atoms with Crippen LogP contribution >= 0.6 is 31.9 Å². The fourth-order valence-corrected chi connectivity index (χ4v) is 1.37. The van der Waals surface area contributed by atoms with Gasteiger partial charge in [0, 0.05) is 5.33 Å². The predicted molar refractivity (Wildman–Crippen MR) is 51.1 cm³/mol. The van der Waals surface area contributed by atoms with E-state index in [4.69, 9.17) is 4.74 Å². The second-order valence-electron chi connectivity index (χ2n) is 1.93. The van der Waals surface area contributed by atoms with Crippen molar-refractivity contribution in [3.63, 3.8) is 0 Å². The first kappa shape index (κ1) is 9.00. The molecule has 0 radical (unpaired) electrons. The molecule has 0 amide bonds. The molecule has 0 aliphatic heterocycles. The molecule has 0 aliphatic carbocycles. The van der Waals surface area contributed by atoms with Crippen molar-refractivity contribution >= 4 is 31.9 Å². The number of aromatic nitrogens is 1. The minimum absolute atomic E-state index is 0.627. The summed E-state index contributed by atoms with van der Waals surface area (Å²) < 4.78 is 5.89. The molecule has 1 heterocycles. The Morgan fingerprint density at radius 1 is 1.55 bits per heavy atom. The molecule has 0 atom stereocenters.